The third-order valence-corrected chi connectivity index (χ3v) is 4.09. The van der Waals surface area contributed by atoms with Gasteiger partial charge in [0, 0.05) is 5.39 Å². The van der Waals surface area contributed by atoms with Crippen LogP contribution < -0.4 is 10.0 Å². The Labute approximate surface area is 119 Å². The van der Waals surface area contributed by atoms with Gasteiger partial charge in [0.05, 0.1) is 7.11 Å². The lowest BCUT2D eigenvalue weighted by Crippen LogP contribution is -1.95. The van der Waals surface area contributed by atoms with E-state index in [-0.39, 0.29) is 0 Å². The number of benzene rings is 3. The normalized spacial score (nSPS) is 10.8. The van der Waals surface area contributed by atoms with Gasteiger partial charge in [-0.15, -0.1) is 0 Å². The molecule has 2 nitrogen and oxygen atoms in total. The van der Waals surface area contributed by atoms with Crippen molar-refractivity contribution < 1.29 is 9.30 Å². The summed E-state index contributed by atoms with van der Waals surface area (Å²) in [5.74, 6) is 0.843. The van der Waals surface area contributed by atoms with E-state index >= 15 is 0 Å². The Bertz CT molecular complexity index is 764. The smallest absolute Gasteiger partial charge is 0.363 e. The van der Waals surface area contributed by atoms with Crippen LogP contribution in [0, 0.1) is 0 Å². The lowest BCUT2D eigenvalue weighted by Gasteiger charge is -2.07. The van der Waals surface area contributed by atoms with Crippen molar-refractivity contribution in [2.45, 2.75) is 0 Å². The fraction of sp³-hybridized carbons (Fsp3) is 0.0588. The SMILES string of the molecule is COc1ccc(-c2ccc([PH+]=O)c3ccccc23)cc1. The Hall–Kier alpha value is -2.18. The van der Waals surface area contributed by atoms with E-state index in [0.717, 1.165) is 33.0 Å². The summed E-state index contributed by atoms with van der Waals surface area (Å²) in [5, 5.41) is 3.05. The van der Waals surface area contributed by atoms with Gasteiger partial charge in [-0.2, -0.15) is 0 Å². The Kier molecular flexibility index (Phi) is 3.49. The first-order chi connectivity index (χ1) is 9.83. The molecule has 0 heterocycles. The van der Waals surface area contributed by atoms with Crippen LogP contribution in [-0.2, 0) is 4.57 Å². The van der Waals surface area contributed by atoms with Crippen LogP contribution in [0.15, 0.2) is 60.7 Å². The number of fused-ring (bicyclic) bond motifs is 1. The van der Waals surface area contributed by atoms with E-state index in [2.05, 4.69) is 6.07 Å². The van der Waals surface area contributed by atoms with Crippen molar-refractivity contribution in [2.75, 3.05) is 7.11 Å². The molecule has 3 aromatic carbocycles. The summed E-state index contributed by atoms with van der Waals surface area (Å²) in [6.07, 6.45) is 0. The summed E-state index contributed by atoms with van der Waals surface area (Å²) >= 11 is 0. The molecule has 0 aliphatic carbocycles. The van der Waals surface area contributed by atoms with Gasteiger partial charge in [-0.05, 0) is 46.8 Å². The molecule has 0 radical (unpaired) electrons. The molecular formula is C17H14O2P+. The maximum absolute atomic E-state index is 11.3. The topological polar surface area (TPSA) is 26.3 Å². The maximum atomic E-state index is 11.3. The van der Waals surface area contributed by atoms with Crippen LogP contribution in [0.25, 0.3) is 21.9 Å². The molecule has 0 amide bonds. The highest BCUT2D eigenvalue weighted by Crippen LogP contribution is 2.30. The molecule has 98 valence electrons. The minimum atomic E-state index is -0.434. The molecule has 0 saturated carbocycles. The van der Waals surface area contributed by atoms with Crippen molar-refractivity contribution in [2.24, 2.45) is 0 Å². The second-order valence-corrected chi connectivity index (χ2v) is 5.28. The second kappa shape index (κ2) is 5.44. The molecular weight excluding hydrogens is 267 g/mol. The molecule has 1 atom stereocenters. The van der Waals surface area contributed by atoms with E-state index in [9.17, 15) is 4.57 Å². The predicted octanol–water partition coefficient (Wildman–Crippen LogP) is 4.16. The van der Waals surface area contributed by atoms with Crippen LogP contribution in [0.3, 0.4) is 0 Å². The van der Waals surface area contributed by atoms with Gasteiger partial charge in [0.25, 0.3) is 0 Å². The lowest BCUT2D eigenvalue weighted by molar-refractivity contribution is 0.415. The maximum Gasteiger partial charge on any atom is 0.363 e. The highest BCUT2D eigenvalue weighted by molar-refractivity contribution is 7.34. The molecule has 3 rings (SSSR count). The Morgan fingerprint density at radius 3 is 2.20 bits per heavy atom. The summed E-state index contributed by atoms with van der Waals surface area (Å²) in [6, 6.07) is 20.0. The average molecular weight is 281 g/mol. The quantitative estimate of drug-likeness (QED) is 0.674. The standard InChI is InChI=1S/C17H13O2P/c1-19-13-8-6-12(7-9-13)14-10-11-17(20-18)16-5-3-2-4-15(14)16/h2-11H,1H3/p+1. The molecule has 0 N–H and O–H groups in total. The Morgan fingerprint density at radius 2 is 1.55 bits per heavy atom. The van der Waals surface area contributed by atoms with E-state index in [4.69, 9.17) is 4.74 Å². The van der Waals surface area contributed by atoms with Crippen molar-refractivity contribution in [3.05, 3.63) is 60.7 Å². The predicted molar refractivity (Wildman–Crippen MR) is 84.6 cm³/mol. The number of hydrogen-bond donors (Lipinski definition) is 0. The minimum absolute atomic E-state index is 0.434. The van der Waals surface area contributed by atoms with Gasteiger partial charge in [0.2, 0.25) is 0 Å². The van der Waals surface area contributed by atoms with Crippen LogP contribution in [0.1, 0.15) is 0 Å². The number of ether oxygens (including phenoxy) is 1. The second-order valence-electron chi connectivity index (χ2n) is 4.54. The summed E-state index contributed by atoms with van der Waals surface area (Å²) in [6.45, 7) is 0. The fourth-order valence-corrected chi connectivity index (χ4v) is 2.89. The Balaban J connectivity index is 2.23. The highest BCUT2D eigenvalue weighted by Gasteiger charge is 2.11. The summed E-state index contributed by atoms with van der Waals surface area (Å²) < 4.78 is 16.5. The van der Waals surface area contributed by atoms with E-state index < -0.39 is 8.46 Å². The van der Waals surface area contributed by atoms with Crippen LogP contribution in [0.2, 0.25) is 0 Å². The van der Waals surface area contributed by atoms with Crippen molar-refractivity contribution in [1.29, 1.82) is 0 Å². The molecule has 0 aliphatic heterocycles. The molecule has 0 aromatic heterocycles. The summed E-state index contributed by atoms with van der Waals surface area (Å²) in [4.78, 5) is 0. The molecule has 0 saturated heterocycles. The van der Waals surface area contributed by atoms with Gasteiger partial charge in [-0.25, -0.2) is 0 Å². The van der Waals surface area contributed by atoms with E-state index in [1.807, 2.05) is 54.6 Å². The van der Waals surface area contributed by atoms with Crippen molar-refractivity contribution in [3.8, 4) is 16.9 Å². The van der Waals surface area contributed by atoms with Gasteiger partial charge in [-0.3, -0.25) is 0 Å². The van der Waals surface area contributed by atoms with Crippen LogP contribution >= 0.6 is 8.46 Å². The third kappa shape index (κ3) is 2.19. The van der Waals surface area contributed by atoms with Crippen molar-refractivity contribution in [3.63, 3.8) is 0 Å². The number of hydrogen-bond acceptors (Lipinski definition) is 2. The van der Waals surface area contributed by atoms with Gasteiger partial charge < -0.3 is 4.74 Å². The molecule has 1 unspecified atom stereocenters. The van der Waals surface area contributed by atoms with Crippen LogP contribution in [0.5, 0.6) is 5.75 Å². The fourth-order valence-electron chi connectivity index (χ4n) is 2.41. The van der Waals surface area contributed by atoms with Gasteiger partial charge in [-0.1, -0.05) is 34.9 Å². The van der Waals surface area contributed by atoms with Crippen molar-refractivity contribution >= 4 is 24.5 Å². The van der Waals surface area contributed by atoms with E-state index in [1.165, 1.54) is 0 Å². The molecule has 0 aliphatic rings. The molecule has 0 bridgehead atoms. The van der Waals surface area contributed by atoms with E-state index in [0.29, 0.717) is 0 Å². The summed E-state index contributed by atoms with van der Waals surface area (Å²) in [7, 11) is 1.23. The Morgan fingerprint density at radius 1 is 0.850 bits per heavy atom. The molecule has 0 fully saturated rings. The van der Waals surface area contributed by atoms with Gasteiger partial charge in [0.1, 0.15) is 5.75 Å². The largest absolute Gasteiger partial charge is 0.497 e. The zero-order chi connectivity index (χ0) is 13.9. The zero-order valence-corrected chi connectivity index (χ0v) is 12.1. The van der Waals surface area contributed by atoms with Crippen LogP contribution in [-0.4, -0.2) is 7.11 Å². The molecule has 20 heavy (non-hydrogen) atoms. The van der Waals surface area contributed by atoms with E-state index in [1.54, 1.807) is 7.11 Å². The third-order valence-electron chi connectivity index (χ3n) is 3.44. The monoisotopic (exact) mass is 281 g/mol. The first-order valence-electron chi connectivity index (χ1n) is 6.38. The number of methoxy groups -OCH3 is 1. The molecule has 0 spiro atoms. The molecule has 3 aromatic rings. The highest BCUT2D eigenvalue weighted by atomic mass is 31.1. The first kappa shape index (κ1) is 12.8. The zero-order valence-electron chi connectivity index (χ0n) is 11.1. The van der Waals surface area contributed by atoms with Gasteiger partial charge in [0.15, 0.2) is 5.30 Å². The summed E-state index contributed by atoms with van der Waals surface area (Å²) in [5.41, 5.74) is 2.27. The minimum Gasteiger partial charge on any atom is -0.497 e. The van der Waals surface area contributed by atoms with Gasteiger partial charge >= 0.3 is 8.46 Å². The first-order valence-corrected chi connectivity index (χ1v) is 7.28. The van der Waals surface area contributed by atoms with Crippen molar-refractivity contribution in [1.82, 2.24) is 0 Å². The average Bonchev–Trinajstić information content (AvgIpc) is 2.54. The lowest BCUT2D eigenvalue weighted by atomic mass is 9.98. The van der Waals surface area contributed by atoms with Crippen LogP contribution in [0.4, 0.5) is 0 Å². The number of rotatable bonds is 3. The molecule has 3 heteroatoms.